The average molecular weight is 661 g/mol. The van der Waals surface area contributed by atoms with E-state index in [1.54, 1.807) is 0 Å². The second-order valence-electron chi connectivity index (χ2n) is 13.3. The van der Waals surface area contributed by atoms with Crippen LogP contribution in [0.2, 0.25) is 0 Å². The molecule has 10 aromatic rings. The summed E-state index contributed by atoms with van der Waals surface area (Å²) in [7, 11) is 0. The standard InChI is InChI=1S/C50H32N2/c1-4-17-34(18-5-1)45-32-46(52-50(51-45)36-21-8-3-9-22-36)40-30-31-43(39-25-13-12-24-38(39)40)49-42-27-15-14-26-41(42)47(35-19-6-2-7-20-35)44-29-28-33-16-10-11-23-37(33)48(44)49/h1-32H. The average Bonchev–Trinajstić information content (AvgIpc) is 3.23. The molecule has 0 spiro atoms. The van der Waals surface area contributed by atoms with Crippen LogP contribution in [-0.2, 0) is 0 Å². The van der Waals surface area contributed by atoms with Gasteiger partial charge in [0.1, 0.15) is 0 Å². The molecule has 0 radical (unpaired) electrons. The first-order valence-corrected chi connectivity index (χ1v) is 17.8. The summed E-state index contributed by atoms with van der Waals surface area (Å²) in [4.78, 5) is 10.3. The number of hydrogen-bond donors (Lipinski definition) is 0. The van der Waals surface area contributed by atoms with Gasteiger partial charge in [-0.05, 0) is 71.4 Å². The summed E-state index contributed by atoms with van der Waals surface area (Å²) in [6, 6.07) is 69.3. The van der Waals surface area contributed by atoms with Gasteiger partial charge in [0.25, 0.3) is 0 Å². The lowest BCUT2D eigenvalue weighted by molar-refractivity contribution is 1.18. The predicted octanol–water partition coefficient (Wildman–Crippen LogP) is 13.4. The molecule has 0 aliphatic rings. The zero-order valence-electron chi connectivity index (χ0n) is 28.4. The molecule has 2 heteroatoms. The minimum Gasteiger partial charge on any atom is -0.228 e. The minimum atomic E-state index is 0.713. The lowest BCUT2D eigenvalue weighted by Gasteiger charge is -2.21. The van der Waals surface area contributed by atoms with Crippen molar-refractivity contribution in [2.24, 2.45) is 0 Å². The fourth-order valence-electron chi connectivity index (χ4n) is 7.94. The van der Waals surface area contributed by atoms with Gasteiger partial charge >= 0.3 is 0 Å². The Morgan fingerprint density at radius 3 is 1.48 bits per heavy atom. The van der Waals surface area contributed by atoms with E-state index >= 15 is 0 Å². The smallest absolute Gasteiger partial charge is 0.160 e. The van der Waals surface area contributed by atoms with Gasteiger partial charge < -0.3 is 0 Å². The molecule has 0 aliphatic carbocycles. The molecule has 52 heavy (non-hydrogen) atoms. The Labute approximate surface area is 302 Å². The van der Waals surface area contributed by atoms with Gasteiger partial charge in [0.2, 0.25) is 0 Å². The van der Waals surface area contributed by atoms with Crippen molar-refractivity contribution in [1.82, 2.24) is 9.97 Å². The zero-order valence-corrected chi connectivity index (χ0v) is 28.4. The van der Waals surface area contributed by atoms with Gasteiger partial charge in [-0.25, -0.2) is 9.97 Å². The van der Waals surface area contributed by atoms with Crippen LogP contribution >= 0.6 is 0 Å². The number of fused-ring (bicyclic) bond motifs is 5. The van der Waals surface area contributed by atoms with Gasteiger partial charge in [-0.15, -0.1) is 0 Å². The van der Waals surface area contributed by atoms with Crippen molar-refractivity contribution in [1.29, 1.82) is 0 Å². The maximum Gasteiger partial charge on any atom is 0.160 e. The van der Waals surface area contributed by atoms with Crippen molar-refractivity contribution in [3.8, 4) is 56.2 Å². The number of aromatic nitrogens is 2. The van der Waals surface area contributed by atoms with Gasteiger partial charge in [0.05, 0.1) is 11.4 Å². The van der Waals surface area contributed by atoms with Crippen molar-refractivity contribution in [3.63, 3.8) is 0 Å². The molecular formula is C50H32N2. The quantitative estimate of drug-likeness (QED) is 0.136. The summed E-state index contributed by atoms with van der Waals surface area (Å²) in [6.07, 6.45) is 0. The monoisotopic (exact) mass is 660 g/mol. The highest BCUT2D eigenvalue weighted by atomic mass is 14.9. The summed E-state index contributed by atoms with van der Waals surface area (Å²) in [5.74, 6) is 0.713. The summed E-state index contributed by atoms with van der Waals surface area (Å²) < 4.78 is 0. The summed E-state index contributed by atoms with van der Waals surface area (Å²) in [6.45, 7) is 0. The summed E-state index contributed by atoms with van der Waals surface area (Å²) in [5, 5.41) is 9.83. The Kier molecular flexibility index (Phi) is 7.18. The fourth-order valence-corrected chi connectivity index (χ4v) is 7.94. The van der Waals surface area contributed by atoms with Crippen LogP contribution in [0.4, 0.5) is 0 Å². The van der Waals surface area contributed by atoms with E-state index in [0.29, 0.717) is 5.82 Å². The van der Waals surface area contributed by atoms with Crippen LogP contribution in [-0.4, -0.2) is 9.97 Å². The third-order valence-electron chi connectivity index (χ3n) is 10.3. The number of hydrogen-bond acceptors (Lipinski definition) is 2. The van der Waals surface area contributed by atoms with Gasteiger partial charge in [-0.2, -0.15) is 0 Å². The molecule has 242 valence electrons. The Hall–Kier alpha value is -6.90. The third-order valence-corrected chi connectivity index (χ3v) is 10.3. The molecule has 9 aromatic carbocycles. The lowest BCUT2D eigenvalue weighted by Crippen LogP contribution is -1.97. The lowest BCUT2D eigenvalue weighted by atomic mass is 9.82. The third kappa shape index (κ3) is 4.96. The molecule has 0 atom stereocenters. The van der Waals surface area contributed by atoms with Crippen LogP contribution in [0.3, 0.4) is 0 Å². The molecule has 1 heterocycles. The van der Waals surface area contributed by atoms with E-state index in [2.05, 4.69) is 170 Å². The molecule has 0 unspecified atom stereocenters. The van der Waals surface area contributed by atoms with E-state index in [9.17, 15) is 0 Å². The Morgan fingerprint density at radius 1 is 0.288 bits per heavy atom. The largest absolute Gasteiger partial charge is 0.228 e. The summed E-state index contributed by atoms with van der Waals surface area (Å²) in [5.41, 5.74) is 9.88. The van der Waals surface area contributed by atoms with Gasteiger partial charge in [0, 0.05) is 16.7 Å². The maximum atomic E-state index is 5.23. The normalized spacial score (nSPS) is 11.5. The first-order valence-electron chi connectivity index (χ1n) is 17.8. The molecule has 0 N–H and O–H groups in total. The molecule has 0 bridgehead atoms. The van der Waals surface area contributed by atoms with E-state index in [4.69, 9.17) is 9.97 Å². The van der Waals surface area contributed by atoms with E-state index in [1.165, 1.54) is 60.0 Å². The van der Waals surface area contributed by atoms with Crippen molar-refractivity contribution in [2.45, 2.75) is 0 Å². The van der Waals surface area contributed by atoms with Crippen molar-refractivity contribution >= 4 is 43.1 Å². The summed E-state index contributed by atoms with van der Waals surface area (Å²) >= 11 is 0. The topological polar surface area (TPSA) is 25.8 Å². The SMILES string of the molecule is c1ccc(-c2cc(-c3ccc(-c4c5ccccc5c(-c5ccccc5)c5ccc6ccccc6c45)c4ccccc34)nc(-c3ccccc3)n2)cc1. The zero-order chi connectivity index (χ0) is 34.4. The molecule has 10 rings (SSSR count). The van der Waals surface area contributed by atoms with Crippen LogP contribution in [0.15, 0.2) is 194 Å². The van der Waals surface area contributed by atoms with E-state index in [-0.39, 0.29) is 0 Å². The van der Waals surface area contributed by atoms with Crippen molar-refractivity contribution < 1.29 is 0 Å². The second kappa shape index (κ2) is 12.5. The Morgan fingerprint density at radius 2 is 0.788 bits per heavy atom. The van der Waals surface area contributed by atoms with E-state index < -0.39 is 0 Å². The van der Waals surface area contributed by atoms with Gasteiger partial charge in [0.15, 0.2) is 5.82 Å². The van der Waals surface area contributed by atoms with E-state index in [1.807, 2.05) is 24.3 Å². The first kappa shape index (κ1) is 30.0. The highest BCUT2D eigenvalue weighted by Crippen LogP contribution is 2.48. The van der Waals surface area contributed by atoms with Crippen LogP contribution in [0, 0.1) is 0 Å². The molecule has 0 aliphatic heterocycles. The Balaban J connectivity index is 1.29. The van der Waals surface area contributed by atoms with Gasteiger partial charge in [-0.1, -0.05) is 188 Å². The van der Waals surface area contributed by atoms with Crippen molar-refractivity contribution in [3.05, 3.63) is 194 Å². The van der Waals surface area contributed by atoms with Crippen LogP contribution in [0.1, 0.15) is 0 Å². The number of nitrogens with zero attached hydrogens (tertiary/aromatic N) is 2. The molecule has 0 saturated carbocycles. The molecule has 1 aromatic heterocycles. The predicted molar refractivity (Wildman–Crippen MR) is 219 cm³/mol. The highest BCUT2D eigenvalue weighted by Gasteiger charge is 2.21. The Bertz CT molecular complexity index is 2880. The molecule has 0 fully saturated rings. The van der Waals surface area contributed by atoms with Crippen molar-refractivity contribution in [2.75, 3.05) is 0 Å². The minimum absolute atomic E-state index is 0.713. The molecule has 2 nitrogen and oxygen atoms in total. The molecule has 0 saturated heterocycles. The van der Waals surface area contributed by atoms with Gasteiger partial charge in [-0.3, -0.25) is 0 Å². The highest BCUT2D eigenvalue weighted by molar-refractivity contribution is 6.29. The van der Waals surface area contributed by atoms with Crippen LogP contribution < -0.4 is 0 Å². The number of benzene rings is 9. The maximum absolute atomic E-state index is 5.23. The molecular weight excluding hydrogens is 629 g/mol. The first-order chi connectivity index (χ1) is 25.8. The van der Waals surface area contributed by atoms with E-state index in [0.717, 1.165) is 33.5 Å². The second-order valence-corrected chi connectivity index (χ2v) is 13.3. The molecule has 0 amide bonds. The van der Waals surface area contributed by atoms with Crippen LogP contribution in [0.5, 0.6) is 0 Å². The number of rotatable bonds is 5. The van der Waals surface area contributed by atoms with Crippen LogP contribution in [0.25, 0.3) is 99.2 Å². The fraction of sp³-hybridized carbons (Fsp3) is 0.